The second-order valence-electron chi connectivity index (χ2n) is 4.53. The molecule has 1 aromatic rings. The van der Waals surface area contributed by atoms with Crippen LogP contribution in [0.5, 0.6) is 0 Å². The number of hydrogen-bond donors (Lipinski definition) is 2. The van der Waals surface area contributed by atoms with Crippen molar-refractivity contribution in [3.63, 3.8) is 0 Å². The fourth-order valence-electron chi connectivity index (χ4n) is 2.14. The summed E-state index contributed by atoms with van der Waals surface area (Å²) in [6, 6.07) is 4.48. The van der Waals surface area contributed by atoms with Crippen molar-refractivity contribution < 1.29 is 4.39 Å². The molecule has 1 aliphatic rings. The summed E-state index contributed by atoms with van der Waals surface area (Å²) < 4.78 is 12.8. The van der Waals surface area contributed by atoms with E-state index in [1.807, 2.05) is 0 Å². The Balaban J connectivity index is 1.89. The van der Waals surface area contributed by atoms with E-state index in [0.717, 1.165) is 25.3 Å². The van der Waals surface area contributed by atoms with Gasteiger partial charge in [-0.15, -0.1) is 0 Å². The molecule has 0 bridgehead atoms. The minimum absolute atomic E-state index is 0.288. The summed E-state index contributed by atoms with van der Waals surface area (Å²) in [6.07, 6.45) is 1.21. The fraction of sp³-hybridized carbons (Fsp3) is 0.500. The van der Waals surface area contributed by atoms with Crippen molar-refractivity contribution in [1.29, 1.82) is 0 Å². The molecule has 3 nitrogen and oxygen atoms in total. The molecule has 1 aromatic carbocycles. The molecule has 0 amide bonds. The van der Waals surface area contributed by atoms with Gasteiger partial charge in [-0.05, 0) is 44.1 Å². The Morgan fingerprint density at radius 2 is 2.38 bits per heavy atom. The molecule has 2 rings (SSSR count). The molecule has 1 saturated heterocycles. The third-order valence-electron chi connectivity index (χ3n) is 3.08. The van der Waals surface area contributed by atoms with Crippen LogP contribution in [0.4, 0.5) is 15.8 Å². The third kappa shape index (κ3) is 2.64. The Kier molecular flexibility index (Phi) is 3.29. The minimum atomic E-state index is -0.288. The predicted octanol–water partition coefficient (Wildman–Crippen LogP) is 1.77. The third-order valence-corrected chi connectivity index (χ3v) is 3.08. The van der Waals surface area contributed by atoms with Crippen molar-refractivity contribution in [3.8, 4) is 0 Å². The van der Waals surface area contributed by atoms with Gasteiger partial charge in [-0.2, -0.15) is 0 Å². The van der Waals surface area contributed by atoms with E-state index in [2.05, 4.69) is 17.3 Å². The van der Waals surface area contributed by atoms with Gasteiger partial charge in [0.05, 0.1) is 11.4 Å². The summed E-state index contributed by atoms with van der Waals surface area (Å²) in [5, 5.41) is 3.28. The first-order valence-electron chi connectivity index (χ1n) is 5.62. The maximum atomic E-state index is 12.8. The number of hydrogen-bond acceptors (Lipinski definition) is 3. The first kappa shape index (κ1) is 11.2. The molecule has 0 spiro atoms. The number of nitrogens with two attached hydrogens (primary N) is 1. The van der Waals surface area contributed by atoms with E-state index >= 15 is 0 Å². The Hall–Kier alpha value is -1.29. The van der Waals surface area contributed by atoms with Gasteiger partial charge in [-0.3, -0.25) is 0 Å². The topological polar surface area (TPSA) is 41.3 Å². The Bertz CT molecular complexity index is 367. The largest absolute Gasteiger partial charge is 0.397 e. The van der Waals surface area contributed by atoms with Crippen LogP contribution in [0, 0.1) is 11.7 Å². The zero-order valence-electron chi connectivity index (χ0n) is 9.54. The number of nitrogens with zero attached hydrogens (tertiary/aromatic N) is 1. The van der Waals surface area contributed by atoms with Crippen LogP contribution < -0.4 is 11.1 Å². The van der Waals surface area contributed by atoms with Crippen LogP contribution >= 0.6 is 0 Å². The highest BCUT2D eigenvalue weighted by atomic mass is 19.1. The average Bonchev–Trinajstić information content (AvgIpc) is 2.63. The van der Waals surface area contributed by atoms with E-state index < -0.39 is 0 Å². The van der Waals surface area contributed by atoms with E-state index in [4.69, 9.17) is 5.73 Å². The first-order valence-corrected chi connectivity index (χ1v) is 5.62. The number of halogens is 1. The molecule has 0 saturated carbocycles. The normalized spacial score (nSPS) is 21.2. The fourth-order valence-corrected chi connectivity index (χ4v) is 2.14. The van der Waals surface area contributed by atoms with Gasteiger partial charge < -0.3 is 16.0 Å². The van der Waals surface area contributed by atoms with Crippen molar-refractivity contribution in [2.75, 3.05) is 37.7 Å². The van der Waals surface area contributed by atoms with Crippen LogP contribution in [-0.4, -0.2) is 31.6 Å². The number of nitrogens with one attached hydrogen (secondary N) is 1. The van der Waals surface area contributed by atoms with E-state index in [1.165, 1.54) is 18.6 Å². The maximum Gasteiger partial charge on any atom is 0.125 e. The monoisotopic (exact) mass is 223 g/mol. The highest BCUT2D eigenvalue weighted by molar-refractivity contribution is 5.65. The molecular formula is C12H18FN3. The van der Waals surface area contributed by atoms with Crippen molar-refractivity contribution in [1.82, 2.24) is 4.90 Å². The molecule has 1 heterocycles. The quantitative estimate of drug-likeness (QED) is 0.767. The summed E-state index contributed by atoms with van der Waals surface area (Å²) in [7, 11) is 2.13. The van der Waals surface area contributed by atoms with Crippen LogP contribution in [0.15, 0.2) is 18.2 Å². The average molecular weight is 223 g/mol. The molecule has 1 unspecified atom stereocenters. The van der Waals surface area contributed by atoms with Gasteiger partial charge in [-0.25, -0.2) is 4.39 Å². The lowest BCUT2D eigenvalue weighted by molar-refractivity contribution is 0.399. The Labute approximate surface area is 95.4 Å². The van der Waals surface area contributed by atoms with Gasteiger partial charge in [0, 0.05) is 13.1 Å². The molecule has 0 aliphatic carbocycles. The Morgan fingerprint density at radius 3 is 3.00 bits per heavy atom. The lowest BCUT2D eigenvalue weighted by Crippen LogP contribution is -2.19. The summed E-state index contributed by atoms with van der Waals surface area (Å²) in [6.45, 7) is 3.18. The van der Waals surface area contributed by atoms with Crippen molar-refractivity contribution in [2.45, 2.75) is 6.42 Å². The second-order valence-corrected chi connectivity index (χ2v) is 4.53. The zero-order chi connectivity index (χ0) is 11.5. The molecule has 16 heavy (non-hydrogen) atoms. The van der Waals surface area contributed by atoms with Crippen LogP contribution in [0.25, 0.3) is 0 Å². The molecule has 4 heteroatoms. The number of nitrogen functional groups attached to an aromatic ring is 1. The number of anilines is 2. The molecule has 1 atom stereocenters. The second kappa shape index (κ2) is 4.70. The van der Waals surface area contributed by atoms with Crippen LogP contribution in [0.3, 0.4) is 0 Å². The highest BCUT2D eigenvalue weighted by Crippen LogP contribution is 2.21. The molecule has 3 N–H and O–H groups in total. The van der Waals surface area contributed by atoms with Crippen LogP contribution in [-0.2, 0) is 0 Å². The molecule has 0 aromatic heterocycles. The summed E-state index contributed by atoms with van der Waals surface area (Å²) in [5.74, 6) is 0.373. The maximum absolute atomic E-state index is 12.8. The molecular weight excluding hydrogens is 205 g/mol. The van der Waals surface area contributed by atoms with E-state index in [-0.39, 0.29) is 5.82 Å². The van der Waals surface area contributed by atoms with Gasteiger partial charge >= 0.3 is 0 Å². The smallest absolute Gasteiger partial charge is 0.125 e. The predicted molar refractivity (Wildman–Crippen MR) is 64.9 cm³/mol. The van der Waals surface area contributed by atoms with Gasteiger partial charge in [0.25, 0.3) is 0 Å². The summed E-state index contributed by atoms with van der Waals surface area (Å²) in [4.78, 5) is 2.32. The van der Waals surface area contributed by atoms with Crippen LogP contribution in [0.1, 0.15) is 6.42 Å². The highest BCUT2D eigenvalue weighted by Gasteiger charge is 2.19. The molecule has 88 valence electrons. The SMILES string of the molecule is CN1CCC(CNc2ccc(F)cc2N)C1. The molecule has 1 aliphatic heterocycles. The minimum Gasteiger partial charge on any atom is -0.397 e. The van der Waals surface area contributed by atoms with Gasteiger partial charge in [0.15, 0.2) is 0 Å². The zero-order valence-corrected chi connectivity index (χ0v) is 9.54. The molecule has 1 fully saturated rings. The van der Waals surface area contributed by atoms with E-state index in [0.29, 0.717) is 11.6 Å². The van der Waals surface area contributed by atoms with Crippen LogP contribution in [0.2, 0.25) is 0 Å². The lowest BCUT2D eigenvalue weighted by Gasteiger charge is -2.14. The van der Waals surface area contributed by atoms with E-state index in [9.17, 15) is 4.39 Å². The van der Waals surface area contributed by atoms with Crippen molar-refractivity contribution in [2.24, 2.45) is 5.92 Å². The Morgan fingerprint density at radius 1 is 1.56 bits per heavy atom. The van der Waals surface area contributed by atoms with E-state index in [1.54, 1.807) is 6.07 Å². The number of benzene rings is 1. The van der Waals surface area contributed by atoms with Gasteiger partial charge in [0.2, 0.25) is 0 Å². The first-order chi connectivity index (χ1) is 7.65. The summed E-state index contributed by atoms with van der Waals surface area (Å²) >= 11 is 0. The number of likely N-dealkylation sites (tertiary alicyclic amines) is 1. The standard InChI is InChI=1S/C12H18FN3/c1-16-5-4-9(8-16)7-15-12-3-2-10(13)6-11(12)14/h2-3,6,9,15H,4-5,7-8,14H2,1H3. The van der Waals surface area contributed by atoms with Gasteiger partial charge in [0.1, 0.15) is 5.82 Å². The molecule has 0 radical (unpaired) electrons. The van der Waals surface area contributed by atoms with Gasteiger partial charge in [-0.1, -0.05) is 0 Å². The van der Waals surface area contributed by atoms with Crippen molar-refractivity contribution >= 4 is 11.4 Å². The summed E-state index contributed by atoms with van der Waals surface area (Å²) in [5.41, 5.74) is 7.03. The lowest BCUT2D eigenvalue weighted by atomic mass is 10.1. The van der Waals surface area contributed by atoms with Crippen molar-refractivity contribution in [3.05, 3.63) is 24.0 Å². The number of rotatable bonds is 3.